The molecule has 0 atom stereocenters. The highest BCUT2D eigenvalue weighted by Gasteiger charge is 2.26. The molecule has 1 saturated carbocycles. The maximum atomic E-state index is 13.5. The Morgan fingerprint density at radius 3 is 2.88 bits per heavy atom. The average Bonchev–Trinajstić information content (AvgIpc) is 3.07. The van der Waals surface area contributed by atoms with Gasteiger partial charge >= 0.3 is 0 Å². The summed E-state index contributed by atoms with van der Waals surface area (Å²) in [4.78, 5) is 0. The fourth-order valence-electron chi connectivity index (χ4n) is 1.77. The molecule has 88 valence electrons. The predicted octanol–water partition coefficient (Wildman–Crippen LogP) is 2.29. The van der Waals surface area contributed by atoms with Crippen molar-refractivity contribution in [1.29, 1.82) is 0 Å². The van der Waals surface area contributed by atoms with E-state index in [0.29, 0.717) is 11.6 Å². The third-order valence-electron chi connectivity index (χ3n) is 2.91. The Morgan fingerprint density at radius 2 is 2.24 bits per heavy atom. The lowest BCUT2D eigenvalue weighted by atomic mass is 10.3. The minimum Gasteiger partial charge on any atom is -0.494 e. The molecule has 0 unspecified atom stereocenters. The number of methoxy groups -OCH3 is 1. The Labute approximate surface area is 98.0 Å². The van der Waals surface area contributed by atoms with Gasteiger partial charge in [0.15, 0.2) is 11.6 Å². The Hall–Kier alpha value is -1.91. The van der Waals surface area contributed by atoms with Crippen LogP contribution in [0, 0.1) is 5.82 Å². The van der Waals surface area contributed by atoms with E-state index in [-0.39, 0.29) is 5.75 Å². The summed E-state index contributed by atoms with van der Waals surface area (Å²) in [5, 5.41) is 8.09. The van der Waals surface area contributed by atoms with Crippen LogP contribution in [-0.4, -0.2) is 22.1 Å². The van der Waals surface area contributed by atoms with Gasteiger partial charge in [-0.05, 0) is 25.0 Å². The lowest BCUT2D eigenvalue weighted by molar-refractivity contribution is 0.386. The molecule has 0 N–H and O–H groups in total. The van der Waals surface area contributed by atoms with E-state index in [4.69, 9.17) is 4.74 Å². The highest BCUT2D eigenvalue weighted by atomic mass is 19.1. The van der Waals surface area contributed by atoms with E-state index in [1.807, 2.05) is 6.20 Å². The Bertz CT molecular complexity index is 548. The number of hydrogen-bond donors (Lipinski definition) is 0. The third kappa shape index (κ3) is 1.88. The van der Waals surface area contributed by atoms with E-state index in [1.54, 1.807) is 16.8 Å². The van der Waals surface area contributed by atoms with Crippen LogP contribution in [0.25, 0.3) is 5.69 Å². The van der Waals surface area contributed by atoms with Crippen molar-refractivity contribution in [1.82, 2.24) is 15.0 Å². The summed E-state index contributed by atoms with van der Waals surface area (Å²) in [5.41, 5.74) is 1.64. The first-order chi connectivity index (χ1) is 8.28. The maximum absolute atomic E-state index is 13.5. The number of benzene rings is 1. The van der Waals surface area contributed by atoms with Gasteiger partial charge in [0.1, 0.15) is 0 Å². The second-order valence-electron chi connectivity index (χ2n) is 4.18. The van der Waals surface area contributed by atoms with Crippen LogP contribution in [-0.2, 0) is 0 Å². The van der Waals surface area contributed by atoms with Crippen LogP contribution in [0.3, 0.4) is 0 Å². The van der Waals surface area contributed by atoms with Gasteiger partial charge in [0.2, 0.25) is 0 Å². The summed E-state index contributed by atoms with van der Waals surface area (Å²) in [7, 11) is 1.44. The largest absolute Gasteiger partial charge is 0.494 e. The monoisotopic (exact) mass is 233 g/mol. The normalized spacial score (nSPS) is 14.9. The molecule has 0 saturated heterocycles. The molecule has 17 heavy (non-hydrogen) atoms. The van der Waals surface area contributed by atoms with Gasteiger partial charge in [-0.15, -0.1) is 5.10 Å². The van der Waals surface area contributed by atoms with Crippen molar-refractivity contribution >= 4 is 0 Å². The lowest BCUT2D eigenvalue weighted by Gasteiger charge is -2.04. The van der Waals surface area contributed by atoms with Gasteiger partial charge in [0.25, 0.3) is 0 Å². The van der Waals surface area contributed by atoms with Gasteiger partial charge in [-0.1, -0.05) is 5.21 Å². The molecule has 4 nitrogen and oxygen atoms in total. The molecule has 0 radical (unpaired) electrons. The van der Waals surface area contributed by atoms with Gasteiger partial charge in [-0.2, -0.15) is 0 Å². The highest BCUT2D eigenvalue weighted by Crippen LogP contribution is 2.38. The van der Waals surface area contributed by atoms with Crippen molar-refractivity contribution in [3.8, 4) is 11.4 Å². The van der Waals surface area contributed by atoms with Crippen molar-refractivity contribution in [3.63, 3.8) is 0 Å². The van der Waals surface area contributed by atoms with Gasteiger partial charge in [-0.3, -0.25) is 0 Å². The molecular weight excluding hydrogens is 221 g/mol. The van der Waals surface area contributed by atoms with Crippen molar-refractivity contribution < 1.29 is 9.13 Å². The molecule has 1 aromatic heterocycles. The van der Waals surface area contributed by atoms with Gasteiger partial charge in [0.05, 0.1) is 24.7 Å². The fourth-order valence-corrected chi connectivity index (χ4v) is 1.77. The molecule has 0 bridgehead atoms. The molecule has 0 amide bonds. The summed E-state index contributed by atoms with van der Waals surface area (Å²) in [6.07, 6.45) is 4.21. The fraction of sp³-hybridized carbons (Fsp3) is 0.333. The van der Waals surface area contributed by atoms with E-state index in [2.05, 4.69) is 10.3 Å². The molecule has 1 aromatic carbocycles. The van der Waals surface area contributed by atoms with Crippen LogP contribution in [0.2, 0.25) is 0 Å². The van der Waals surface area contributed by atoms with Crippen LogP contribution in [0.4, 0.5) is 4.39 Å². The van der Waals surface area contributed by atoms with Crippen molar-refractivity contribution in [2.24, 2.45) is 0 Å². The second kappa shape index (κ2) is 3.84. The third-order valence-corrected chi connectivity index (χ3v) is 2.91. The lowest BCUT2D eigenvalue weighted by Crippen LogP contribution is -1.97. The minimum atomic E-state index is -0.395. The zero-order chi connectivity index (χ0) is 11.8. The van der Waals surface area contributed by atoms with Crippen LogP contribution >= 0.6 is 0 Å². The van der Waals surface area contributed by atoms with Crippen molar-refractivity contribution in [2.75, 3.05) is 7.11 Å². The minimum absolute atomic E-state index is 0.233. The van der Waals surface area contributed by atoms with Gasteiger partial charge < -0.3 is 4.74 Å². The van der Waals surface area contributed by atoms with Gasteiger partial charge in [-0.25, -0.2) is 9.07 Å². The van der Waals surface area contributed by atoms with E-state index in [9.17, 15) is 4.39 Å². The summed E-state index contributed by atoms with van der Waals surface area (Å²) in [5.74, 6) is 0.386. The zero-order valence-electron chi connectivity index (χ0n) is 9.43. The molecule has 0 aliphatic heterocycles. The van der Waals surface area contributed by atoms with Crippen molar-refractivity contribution in [3.05, 3.63) is 35.9 Å². The number of halogens is 1. The Kier molecular flexibility index (Phi) is 2.31. The molecule has 1 aliphatic carbocycles. The molecule has 1 fully saturated rings. The number of ether oxygens (including phenoxy) is 1. The molecule has 0 spiro atoms. The molecule has 2 aromatic rings. The summed E-state index contributed by atoms with van der Waals surface area (Å²) >= 11 is 0. The first-order valence-corrected chi connectivity index (χ1v) is 5.54. The zero-order valence-corrected chi connectivity index (χ0v) is 9.43. The second-order valence-corrected chi connectivity index (χ2v) is 4.18. The highest BCUT2D eigenvalue weighted by molar-refractivity contribution is 5.38. The average molecular weight is 233 g/mol. The predicted molar refractivity (Wildman–Crippen MR) is 59.8 cm³/mol. The molecular formula is C12H12FN3O. The molecule has 1 heterocycles. The smallest absolute Gasteiger partial charge is 0.167 e. The quantitative estimate of drug-likeness (QED) is 0.816. The van der Waals surface area contributed by atoms with E-state index >= 15 is 0 Å². The molecule has 3 rings (SSSR count). The first kappa shape index (κ1) is 10.3. The summed E-state index contributed by atoms with van der Waals surface area (Å²) in [6, 6.07) is 4.74. The van der Waals surface area contributed by atoms with E-state index in [0.717, 1.165) is 5.69 Å². The first-order valence-electron chi connectivity index (χ1n) is 5.54. The topological polar surface area (TPSA) is 39.9 Å². The Morgan fingerprint density at radius 1 is 1.41 bits per heavy atom. The van der Waals surface area contributed by atoms with Crippen LogP contribution in [0.15, 0.2) is 24.4 Å². The molecule has 5 heteroatoms. The number of rotatable bonds is 3. The van der Waals surface area contributed by atoms with E-state index in [1.165, 1.54) is 26.0 Å². The molecule has 1 aliphatic rings. The van der Waals surface area contributed by atoms with Crippen LogP contribution < -0.4 is 4.74 Å². The maximum Gasteiger partial charge on any atom is 0.167 e. The number of hydrogen-bond acceptors (Lipinski definition) is 3. The van der Waals surface area contributed by atoms with Crippen LogP contribution in [0.5, 0.6) is 5.75 Å². The number of nitrogens with zero attached hydrogens (tertiary/aromatic N) is 3. The SMILES string of the molecule is COc1ccc(-n2cc(C3CC3)nn2)cc1F. The Balaban J connectivity index is 1.93. The number of aromatic nitrogens is 3. The van der Waals surface area contributed by atoms with Crippen LogP contribution in [0.1, 0.15) is 24.5 Å². The summed E-state index contributed by atoms with van der Waals surface area (Å²) < 4.78 is 20.0. The standard InChI is InChI=1S/C12H12FN3O/c1-17-12-5-4-9(6-10(12)13)16-7-11(14-15-16)8-2-3-8/h4-8H,2-3H2,1H3. The summed E-state index contributed by atoms with van der Waals surface area (Å²) in [6.45, 7) is 0. The van der Waals surface area contributed by atoms with Gasteiger partial charge in [0, 0.05) is 12.0 Å². The van der Waals surface area contributed by atoms with Crippen molar-refractivity contribution in [2.45, 2.75) is 18.8 Å². The van der Waals surface area contributed by atoms with E-state index < -0.39 is 5.82 Å².